The second-order valence-electron chi connectivity index (χ2n) is 6.09. The number of benzene rings is 1. The molecule has 0 spiro atoms. The fourth-order valence-electron chi connectivity index (χ4n) is 3.18. The van der Waals surface area contributed by atoms with Crippen LogP contribution in [0.3, 0.4) is 0 Å². The van der Waals surface area contributed by atoms with E-state index in [1.807, 2.05) is 42.5 Å². The van der Waals surface area contributed by atoms with Gasteiger partial charge in [0, 0.05) is 24.6 Å². The van der Waals surface area contributed by atoms with Crippen LogP contribution < -0.4 is 10.6 Å². The van der Waals surface area contributed by atoms with Crippen LogP contribution in [0.5, 0.6) is 0 Å². The molecule has 2 N–H and O–H groups in total. The van der Waals surface area contributed by atoms with Gasteiger partial charge in [0.25, 0.3) is 0 Å². The maximum Gasteiger partial charge on any atom is 0.231 e. The van der Waals surface area contributed by atoms with Crippen molar-refractivity contribution in [3.05, 3.63) is 84.6 Å². The number of anilines is 1. The third-order valence-electron chi connectivity index (χ3n) is 4.42. The van der Waals surface area contributed by atoms with Crippen molar-refractivity contribution < 1.29 is 4.79 Å². The SMILES string of the molecule is C=C1Nc2ncnn2[C@H](c2cccnc2)[C@@H]1C(=O)NCc1ccccc1. The minimum Gasteiger partial charge on any atom is -0.351 e. The van der Waals surface area contributed by atoms with Gasteiger partial charge in [-0.1, -0.05) is 43.0 Å². The van der Waals surface area contributed by atoms with Crippen molar-refractivity contribution in [3.8, 4) is 0 Å². The number of hydrogen-bond donors (Lipinski definition) is 2. The predicted octanol–water partition coefficient (Wildman–Crippen LogP) is 2.13. The van der Waals surface area contributed by atoms with E-state index in [1.165, 1.54) is 6.33 Å². The highest BCUT2D eigenvalue weighted by molar-refractivity contribution is 5.84. The molecule has 2 aromatic heterocycles. The molecule has 26 heavy (non-hydrogen) atoms. The first kappa shape index (κ1) is 16.0. The van der Waals surface area contributed by atoms with E-state index in [-0.39, 0.29) is 11.9 Å². The standard InChI is InChI=1S/C19H18N6O/c1-13-16(18(26)21-10-14-6-3-2-4-7-14)17(15-8-5-9-20-11-15)25-19(24-13)22-12-23-25/h2-9,11-12,16-17H,1,10H2,(H,21,26)(H,22,23,24)/t16-,17-/m1/s1. The molecule has 130 valence electrons. The molecule has 1 aliphatic rings. The van der Waals surface area contributed by atoms with E-state index in [0.717, 1.165) is 11.1 Å². The van der Waals surface area contributed by atoms with Gasteiger partial charge >= 0.3 is 0 Å². The number of nitrogens with zero attached hydrogens (tertiary/aromatic N) is 4. The zero-order valence-corrected chi connectivity index (χ0v) is 14.0. The van der Waals surface area contributed by atoms with Crippen molar-refractivity contribution in [1.29, 1.82) is 0 Å². The minimum absolute atomic E-state index is 0.124. The van der Waals surface area contributed by atoms with Crippen molar-refractivity contribution in [2.24, 2.45) is 5.92 Å². The molecule has 1 aliphatic heterocycles. The summed E-state index contributed by atoms with van der Waals surface area (Å²) >= 11 is 0. The monoisotopic (exact) mass is 346 g/mol. The molecule has 3 heterocycles. The molecule has 7 heteroatoms. The first-order valence-corrected chi connectivity index (χ1v) is 8.31. The molecule has 2 atom stereocenters. The van der Waals surface area contributed by atoms with Gasteiger partial charge in [-0.25, -0.2) is 4.68 Å². The average molecular weight is 346 g/mol. The van der Waals surface area contributed by atoms with E-state index >= 15 is 0 Å². The maximum atomic E-state index is 13.0. The summed E-state index contributed by atoms with van der Waals surface area (Å²) in [5, 5.41) is 10.4. The van der Waals surface area contributed by atoms with Gasteiger partial charge in [-0.15, -0.1) is 0 Å². The summed E-state index contributed by atoms with van der Waals surface area (Å²) in [5.74, 6) is -0.0885. The molecule has 3 aromatic rings. The number of rotatable bonds is 4. The first-order chi connectivity index (χ1) is 12.7. The third-order valence-corrected chi connectivity index (χ3v) is 4.42. The highest BCUT2D eigenvalue weighted by Gasteiger charge is 2.39. The van der Waals surface area contributed by atoms with Crippen LogP contribution in [0.1, 0.15) is 17.2 Å². The molecule has 0 radical (unpaired) electrons. The Labute approximate surface area is 150 Å². The summed E-state index contributed by atoms with van der Waals surface area (Å²) in [6.07, 6.45) is 4.90. The van der Waals surface area contributed by atoms with Gasteiger partial charge in [0.15, 0.2) is 0 Å². The molecule has 0 fully saturated rings. The number of carbonyl (C=O) groups excluding carboxylic acids is 1. The molecular weight excluding hydrogens is 328 g/mol. The summed E-state index contributed by atoms with van der Waals surface area (Å²) < 4.78 is 1.71. The molecule has 1 aromatic carbocycles. The van der Waals surface area contributed by atoms with Gasteiger partial charge in [0.05, 0.1) is 6.04 Å². The number of aromatic nitrogens is 4. The van der Waals surface area contributed by atoms with Crippen LogP contribution in [0.25, 0.3) is 0 Å². The van der Waals surface area contributed by atoms with Crippen LogP contribution in [0, 0.1) is 5.92 Å². The van der Waals surface area contributed by atoms with E-state index in [0.29, 0.717) is 18.2 Å². The molecule has 0 bridgehead atoms. The van der Waals surface area contributed by atoms with E-state index in [9.17, 15) is 4.79 Å². The Hall–Kier alpha value is -3.48. The number of fused-ring (bicyclic) bond motifs is 1. The molecule has 1 amide bonds. The Morgan fingerprint density at radius 3 is 2.85 bits per heavy atom. The fourth-order valence-corrected chi connectivity index (χ4v) is 3.18. The molecular formula is C19H18N6O. The Balaban J connectivity index is 1.64. The minimum atomic E-state index is -0.530. The molecule has 0 aliphatic carbocycles. The van der Waals surface area contributed by atoms with E-state index in [2.05, 4.69) is 32.3 Å². The molecule has 7 nitrogen and oxygen atoms in total. The fraction of sp³-hybridized carbons (Fsp3) is 0.158. The molecule has 0 unspecified atom stereocenters. The Bertz CT molecular complexity index is 921. The lowest BCUT2D eigenvalue weighted by Crippen LogP contribution is -2.42. The largest absolute Gasteiger partial charge is 0.351 e. The van der Waals surface area contributed by atoms with Crippen LogP contribution in [0.2, 0.25) is 0 Å². The van der Waals surface area contributed by atoms with Crippen LogP contribution in [0.4, 0.5) is 5.95 Å². The van der Waals surface area contributed by atoms with Gasteiger partial charge in [0.1, 0.15) is 12.2 Å². The van der Waals surface area contributed by atoms with Crippen molar-refractivity contribution in [3.63, 3.8) is 0 Å². The lowest BCUT2D eigenvalue weighted by molar-refractivity contribution is -0.125. The Kier molecular flexibility index (Phi) is 4.18. The van der Waals surface area contributed by atoms with Crippen LogP contribution >= 0.6 is 0 Å². The summed E-state index contributed by atoms with van der Waals surface area (Å²) in [6, 6.07) is 13.2. The van der Waals surface area contributed by atoms with Crippen LogP contribution in [0.15, 0.2) is 73.5 Å². The zero-order chi connectivity index (χ0) is 17.9. The molecule has 4 rings (SSSR count). The van der Waals surface area contributed by atoms with Gasteiger partial charge in [-0.3, -0.25) is 9.78 Å². The second kappa shape index (κ2) is 6.79. The number of pyridine rings is 1. The van der Waals surface area contributed by atoms with Gasteiger partial charge < -0.3 is 10.6 Å². The molecule has 0 saturated carbocycles. The zero-order valence-electron chi connectivity index (χ0n) is 14.0. The average Bonchev–Trinajstić information content (AvgIpc) is 3.14. The first-order valence-electron chi connectivity index (χ1n) is 8.31. The predicted molar refractivity (Wildman–Crippen MR) is 96.9 cm³/mol. The van der Waals surface area contributed by atoms with Crippen molar-refractivity contribution >= 4 is 11.9 Å². The van der Waals surface area contributed by atoms with E-state index in [4.69, 9.17) is 0 Å². The Morgan fingerprint density at radius 2 is 2.08 bits per heavy atom. The topological polar surface area (TPSA) is 84.7 Å². The summed E-state index contributed by atoms with van der Waals surface area (Å²) in [7, 11) is 0. The highest BCUT2D eigenvalue weighted by atomic mass is 16.2. The number of carbonyl (C=O) groups is 1. The lowest BCUT2D eigenvalue weighted by atomic mass is 9.89. The van der Waals surface area contributed by atoms with E-state index in [1.54, 1.807) is 17.1 Å². The van der Waals surface area contributed by atoms with Crippen LogP contribution in [-0.4, -0.2) is 25.7 Å². The molecule has 0 saturated heterocycles. The number of hydrogen-bond acceptors (Lipinski definition) is 5. The summed E-state index contributed by atoms with van der Waals surface area (Å²) in [5.41, 5.74) is 2.50. The summed E-state index contributed by atoms with van der Waals surface area (Å²) in [4.78, 5) is 21.4. The Morgan fingerprint density at radius 1 is 1.23 bits per heavy atom. The number of nitrogens with one attached hydrogen (secondary N) is 2. The normalized spacial score (nSPS) is 18.7. The third kappa shape index (κ3) is 2.95. The van der Waals surface area contributed by atoms with Crippen LogP contribution in [-0.2, 0) is 11.3 Å². The maximum absolute atomic E-state index is 13.0. The van der Waals surface area contributed by atoms with Gasteiger partial charge in [0.2, 0.25) is 11.9 Å². The quantitative estimate of drug-likeness (QED) is 0.756. The van der Waals surface area contributed by atoms with Crippen molar-refractivity contribution in [2.75, 3.05) is 5.32 Å². The van der Waals surface area contributed by atoms with Crippen molar-refractivity contribution in [1.82, 2.24) is 25.1 Å². The van der Waals surface area contributed by atoms with Gasteiger partial charge in [-0.05, 0) is 17.2 Å². The lowest BCUT2D eigenvalue weighted by Gasteiger charge is -2.33. The highest BCUT2D eigenvalue weighted by Crippen LogP contribution is 2.36. The van der Waals surface area contributed by atoms with E-state index < -0.39 is 5.92 Å². The smallest absolute Gasteiger partial charge is 0.231 e. The van der Waals surface area contributed by atoms with Crippen molar-refractivity contribution in [2.45, 2.75) is 12.6 Å². The van der Waals surface area contributed by atoms with Gasteiger partial charge in [-0.2, -0.15) is 10.1 Å². The summed E-state index contributed by atoms with van der Waals surface area (Å²) in [6.45, 7) is 4.50. The second-order valence-corrected chi connectivity index (χ2v) is 6.09. The number of amides is 1.